The van der Waals surface area contributed by atoms with Gasteiger partial charge in [-0.05, 0) is 47.0 Å². The maximum absolute atomic E-state index is 12.8. The second-order valence-corrected chi connectivity index (χ2v) is 4.82. The Hall–Kier alpha value is -2.44. The lowest BCUT2D eigenvalue weighted by molar-refractivity contribution is -0.143. The fourth-order valence-corrected chi connectivity index (χ4v) is 1.99. The lowest BCUT2D eigenvalue weighted by Crippen LogP contribution is -2.11. The molecule has 0 saturated heterocycles. The third-order valence-electron chi connectivity index (χ3n) is 3.13. The van der Waals surface area contributed by atoms with Gasteiger partial charge in [-0.1, -0.05) is 18.7 Å². The summed E-state index contributed by atoms with van der Waals surface area (Å²) in [6.07, 6.45) is -9.84. The second kappa shape index (κ2) is 5.64. The summed E-state index contributed by atoms with van der Waals surface area (Å²) in [4.78, 5) is 0. The first-order valence-corrected chi connectivity index (χ1v) is 6.26. The summed E-state index contributed by atoms with van der Waals surface area (Å²) in [5, 5.41) is 9.38. The first kappa shape index (κ1) is 16.9. The fraction of sp³-hybridized carbons (Fsp3) is 0.125. The van der Waals surface area contributed by atoms with Gasteiger partial charge >= 0.3 is 12.4 Å². The zero-order valence-electron chi connectivity index (χ0n) is 11.5. The van der Waals surface area contributed by atoms with Crippen LogP contribution in [0.5, 0.6) is 5.75 Å². The highest BCUT2D eigenvalue weighted by Crippen LogP contribution is 2.38. The first-order valence-electron chi connectivity index (χ1n) is 6.26. The second-order valence-electron chi connectivity index (χ2n) is 4.82. The van der Waals surface area contributed by atoms with Crippen molar-refractivity contribution in [3.8, 4) is 5.75 Å². The number of rotatable bonds is 2. The predicted octanol–water partition coefficient (Wildman–Crippen LogP) is 5.49. The summed E-state index contributed by atoms with van der Waals surface area (Å²) in [6.45, 7) is 3.54. The Morgan fingerprint density at radius 3 is 1.74 bits per heavy atom. The van der Waals surface area contributed by atoms with Gasteiger partial charge in [0.05, 0.1) is 11.1 Å². The Kier molecular flexibility index (Phi) is 4.15. The number of halogens is 6. The third kappa shape index (κ3) is 3.85. The standard InChI is InChI=1S/C16H10F6O/c1-9(10-3-2-4-14(23)7-10)11-5-12(15(17,18)19)8-13(6-11)16(20,21)22/h2-8,23H,1H2. The van der Waals surface area contributed by atoms with Crippen molar-refractivity contribution in [2.45, 2.75) is 12.4 Å². The number of hydrogen-bond acceptors (Lipinski definition) is 1. The minimum Gasteiger partial charge on any atom is -0.508 e. The summed E-state index contributed by atoms with van der Waals surface area (Å²) in [7, 11) is 0. The summed E-state index contributed by atoms with van der Waals surface area (Å²) in [5.41, 5.74) is -2.99. The van der Waals surface area contributed by atoms with Gasteiger partial charge in [0.2, 0.25) is 0 Å². The molecule has 1 nitrogen and oxygen atoms in total. The van der Waals surface area contributed by atoms with Crippen molar-refractivity contribution >= 4 is 5.57 Å². The molecule has 0 aliphatic rings. The minimum absolute atomic E-state index is 0.0548. The van der Waals surface area contributed by atoms with E-state index in [1.807, 2.05) is 0 Å². The monoisotopic (exact) mass is 332 g/mol. The van der Waals surface area contributed by atoms with E-state index >= 15 is 0 Å². The molecule has 7 heteroatoms. The van der Waals surface area contributed by atoms with Crippen molar-refractivity contribution in [1.29, 1.82) is 0 Å². The maximum Gasteiger partial charge on any atom is 0.416 e. The number of phenols is 1. The van der Waals surface area contributed by atoms with Crippen molar-refractivity contribution in [2.75, 3.05) is 0 Å². The van der Waals surface area contributed by atoms with Crippen LogP contribution in [0, 0.1) is 0 Å². The highest BCUT2D eigenvalue weighted by Gasteiger charge is 2.37. The normalized spacial score (nSPS) is 12.3. The van der Waals surface area contributed by atoms with Crippen LogP contribution in [0.3, 0.4) is 0 Å². The Balaban J connectivity index is 2.60. The van der Waals surface area contributed by atoms with E-state index in [2.05, 4.69) is 6.58 Å². The fourth-order valence-electron chi connectivity index (χ4n) is 1.99. The molecule has 0 saturated carbocycles. The third-order valence-corrected chi connectivity index (χ3v) is 3.13. The molecule has 122 valence electrons. The van der Waals surface area contributed by atoms with E-state index in [0.29, 0.717) is 12.1 Å². The van der Waals surface area contributed by atoms with Crippen molar-refractivity contribution in [3.05, 3.63) is 71.3 Å². The van der Waals surface area contributed by atoms with Gasteiger partial charge in [-0.2, -0.15) is 26.3 Å². The number of benzene rings is 2. The highest BCUT2D eigenvalue weighted by atomic mass is 19.4. The highest BCUT2D eigenvalue weighted by molar-refractivity contribution is 5.79. The topological polar surface area (TPSA) is 20.2 Å². The van der Waals surface area contributed by atoms with Crippen molar-refractivity contribution in [2.24, 2.45) is 0 Å². The summed E-state index contributed by atoms with van der Waals surface area (Å²) >= 11 is 0. The van der Waals surface area contributed by atoms with Crippen LogP contribution in [0.2, 0.25) is 0 Å². The Labute approximate surface area is 127 Å². The number of aromatic hydroxyl groups is 1. The minimum atomic E-state index is -4.92. The smallest absolute Gasteiger partial charge is 0.416 e. The zero-order valence-corrected chi connectivity index (χ0v) is 11.5. The van der Waals surface area contributed by atoms with Crippen LogP contribution in [-0.4, -0.2) is 5.11 Å². The molecule has 0 spiro atoms. The summed E-state index contributed by atoms with van der Waals surface area (Å²) < 4.78 is 77.0. The SMILES string of the molecule is C=C(c1cccc(O)c1)c1cc(C(F)(F)F)cc(C(F)(F)F)c1. The number of phenolic OH excluding ortho intramolecular Hbond substituents is 1. The molecule has 0 heterocycles. The molecule has 2 aromatic rings. The molecule has 0 atom stereocenters. The van der Waals surface area contributed by atoms with Crippen LogP contribution in [0.4, 0.5) is 26.3 Å². The first-order chi connectivity index (χ1) is 10.5. The van der Waals surface area contributed by atoms with Crippen molar-refractivity contribution in [3.63, 3.8) is 0 Å². The molecule has 0 bridgehead atoms. The van der Waals surface area contributed by atoms with Gasteiger partial charge < -0.3 is 5.11 Å². The van der Waals surface area contributed by atoms with Crippen LogP contribution >= 0.6 is 0 Å². The van der Waals surface area contributed by atoms with E-state index in [1.165, 1.54) is 24.3 Å². The van der Waals surface area contributed by atoms with E-state index in [4.69, 9.17) is 0 Å². The molecule has 0 unspecified atom stereocenters. The molecule has 2 rings (SSSR count). The van der Waals surface area contributed by atoms with E-state index in [-0.39, 0.29) is 28.5 Å². The van der Waals surface area contributed by atoms with Crippen LogP contribution in [0.25, 0.3) is 5.57 Å². The van der Waals surface area contributed by atoms with E-state index < -0.39 is 23.5 Å². The molecule has 2 aromatic carbocycles. The molecule has 1 N–H and O–H groups in total. The molecule has 23 heavy (non-hydrogen) atoms. The lowest BCUT2D eigenvalue weighted by Gasteiger charge is -2.15. The van der Waals surface area contributed by atoms with Gasteiger partial charge in [0, 0.05) is 0 Å². The van der Waals surface area contributed by atoms with Crippen LogP contribution in [0.15, 0.2) is 49.0 Å². The van der Waals surface area contributed by atoms with E-state index in [1.54, 1.807) is 0 Å². The largest absolute Gasteiger partial charge is 0.508 e. The van der Waals surface area contributed by atoms with Crippen LogP contribution in [0.1, 0.15) is 22.3 Å². The average Bonchev–Trinajstić information content (AvgIpc) is 2.44. The molecular formula is C16H10F6O. The number of hydrogen-bond donors (Lipinski definition) is 1. The van der Waals surface area contributed by atoms with Crippen molar-refractivity contribution in [1.82, 2.24) is 0 Å². The Morgan fingerprint density at radius 1 is 0.783 bits per heavy atom. The van der Waals surface area contributed by atoms with Gasteiger partial charge in [0.25, 0.3) is 0 Å². The summed E-state index contributed by atoms with van der Waals surface area (Å²) in [5.74, 6) is -0.174. The van der Waals surface area contributed by atoms with Crippen LogP contribution < -0.4 is 0 Å². The Bertz CT molecular complexity index is 711. The Morgan fingerprint density at radius 2 is 1.30 bits per heavy atom. The van der Waals surface area contributed by atoms with E-state index in [0.717, 1.165) is 0 Å². The van der Waals surface area contributed by atoms with Gasteiger partial charge in [-0.3, -0.25) is 0 Å². The molecule has 0 fully saturated rings. The maximum atomic E-state index is 12.8. The lowest BCUT2D eigenvalue weighted by atomic mass is 9.95. The zero-order chi connectivity index (χ0) is 17.4. The molecule has 0 aliphatic carbocycles. The quantitative estimate of drug-likeness (QED) is 0.721. The molecular weight excluding hydrogens is 322 g/mol. The predicted molar refractivity (Wildman–Crippen MR) is 72.7 cm³/mol. The average molecular weight is 332 g/mol. The molecule has 0 aliphatic heterocycles. The van der Waals surface area contributed by atoms with Gasteiger partial charge in [0.1, 0.15) is 5.75 Å². The van der Waals surface area contributed by atoms with Gasteiger partial charge in [-0.15, -0.1) is 0 Å². The number of alkyl halides is 6. The summed E-state index contributed by atoms with van der Waals surface area (Å²) in [6, 6.07) is 6.62. The molecule has 0 amide bonds. The molecule has 0 radical (unpaired) electrons. The van der Waals surface area contributed by atoms with Crippen LogP contribution in [-0.2, 0) is 12.4 Å². The van der Waals surface area contributed by atoms with Gasteiger partial charge in [-0.25, -0.2) is 0 Å². The molecule has 0 aromatic heterocycles. The van der Waals surface area contributed by atoms with Crippen molar-refractivity contribution < 1.29 is 31.4 Å². The van der Waals surface area contributed by atoms with Gasteiger partial charge in [0.15, 0.2) is 0 Å². The van der Waals surface area contributed by atoms with E-state index in [9.17, 15) is 31.4 Å².